The Morgan fingerprint density at radius 1 is 1.26 bits per heavy atom. The highest BCUT2D eigenvalue weighted by molar-refractivity contribution is 6.30. The zero-order valence-corrected chi connectivity index (χ0v) is 11.8. The van der Waals surface area contributed by atoms with Crippen LogP contribution in [-0.2, 0) is 12.6 Å². The van der Waals surface area contributed by atoms with Crippen LogP contribution >= 0.6 is 11.6 Å². The molecule has 3 nitrogen and oxygen atoms in total. The Balaban J connectivity index is 2.27. The molecule has 0 radical (unpaired) electrons. The molecule has 1 aromatic heterocycles. The lowest BCUT2D eigenvalue weighted by atomic mass is 10.1. The van der Waals surface area contributed by atoms with Crippen molar-refractivity contribution in [1.82, 2.24) is 9.78 Å². The first-order valence-corrected chi connectivity index (χ1v) is 6.60. The van der Waals surface area contributed by atoms with E-state index < -0.39 is 47.4 Å². The van der Waals surface area contributed by atoms with Crippen molar-refractivity contribution in [1.29, 1.82) is 0 Å². The van der Waals surface area contributed by atoms with Gasteiger partial charge in [0, 0.05) is 10.6 Å². The van der Waals surface area contributed by atoms with E-state index in [1.807, 2.05) is 0 Å². The van der Waals surface area contributed by atoms with Gasteiger partial charge in [0.15, 0.2) is 5.69 Å². The predicted octanol–water partition coefficient (Wildman–Crippen LogP) is 3.91. The van der Waals surface area contributed by atoms with Crippen LogP contribution in [0.5, 0.6) is 0 Å². The van der Waals surface area contributed by atoms with Crippen molar-refractivity contribution >= 4 is 11.6 Å². The summed E-state index contributed by atoms with van der Waals surface area (Å²) in [5.41, 5.74) is -3.40. The molecular formula is C13H7ClF6N2O. The quantitative estimate of drug-likeness (QED) is 0.787. The van der Waals surface area contributed by atoms with Crippen LogP contribution in [0.25, 0.3) is 5.69 Å². The van der Waals surface area contributed by atoms with Gasteiger partial charge in [-0.05, 0) is 18.2 Å². The van der Waals surface area contributed by atoms with Gasteiger partial charge in [0.05, 0.1) is 17.8 Å². The van der Waals surface area contributed by atoms with Crippen molar-refractivity contribution < 1.29 is 31.4 Å². The maximum Gasteiger partial charge on any atom is 0.435 e. The molecule has 1 heterocycles. The SMILES string of the molecule is OC1c2c(C(F)(F)F)nn(-c3cc(F)cc(Cl)c3)c2CC1(F)F. The van der Waals surface area contributed by atoms with Crippen LogP contribution in [0.15, 0.2) is 18.2 Å². The third kappa shape index (κ3) is 2.57. The summed E-state index contributed by atoms with van der Waals surface area (Å²) in [6.07, 6.45) is -8.83. The predicted molar refractivity (Wildman–Crippen MR) is 67.1 cm³/mol. The number of fused-ring (bicyclic) bond motifs is 1. The maximum atomic E-state index is 13.6. The summed E-state index contributed by atoms with van der Waals surface area (Å²) >= 11 is 5.63. The lowest BCUT2D eigenvalue weighted by Gasteiger charge is -2.15. The number of aliphatic hydroxyl groups is 1. The average molecular weight is 357 g/mol. The van der Waals surface area contributed by atoms with E-state index in [4.69, 9.17) is 11.6 Å². The minimum atomic E-state index is -5.05. The zero-order chi connectivity index (χ0) is 17.2. The van der Waals surface area contributed by atoms with Gasteiger partial charge in [0.2, 0.25) is 0 Å². The summed E-state index contributed by atoms with van der Waals surface area (Å²) in [5.74, 6) is -4.64. The van der Waals surface area contributed by atoms with Gasteiger partial charge in [-0.1, -0.05) is 11.6 Å². The molecule has 0 aliphatic heterocycles. The normalized spacial score (nSPS) is 19.9. The van der Waals surface area contributed by atoms with Gasteiger partial charge in [0.1, 0.15) is 11.9 Å². The van der Waals surface area contributed by atoms with Crippen molar-refractivity contribution in [3.05, 3.63) is 46.0 Å². The summed E-state index contributed by atoms with van der Waals surface area (Å²) in [7, 11) is 0. The molecule has 0 saturated heterocycles. The Hall–Kier alpha value is -1.74. The third-order valence-electron chi connectivity index (χ3n) is 3.46. The van der Waals surface area contributed by atoms with Crippen molar-refractivity contribution in [3.63, 3.8) is 0 Å². The van der Waals surface area contributed by atoms with Crippen LogP contribution in [0.2, 0.25) is 5.02 Å². The Bertz CT molecular complexity index is 765. The largest absolute Gasteiger partial charge is 0.435 e. The van der Waals surface area contributed by atoms with Gasteiger partial charge in [-0.2, -0.15) is 18.3 Å². The van der Waals surface area contributed by atoms with Gasteiger partial charge < -0.3 is 5.11 Å². The minimum Gasteiger partial charge on any atom is -0.382 e. The summed E-state index contributed by atoms with van der Waals surface area (Å²) < 4.78 is 80.3. The van der Waals surface area contributed by atoms with E-state index >= 15 is 0 Å². The third-order valence-corrected chi connectivity index (χ3v) is 3.68. The van der Waals surface area contributed by atoms with E-state index in [1.165, 1.54) is 0 Å². The number of benzene rings is 1. The highest BCUT2D eigenvalue weighted by Gasteiger charge is 2.54. The fourth-order valence-corrected chi connectivity index (χ4v) is 2.75. The smallest absolute Gasteiger partial charge is 0.382 e. The van der Waals surface area contributed by atoms with Gasteiger partial charge in [0.25, 0.3) is 5.92 Å². The lowest BCUT2D eigenvalue weighted by Crippen LogP contribution is -2.24. The Kier molecular flexibility index (Phi) is 3.42. The number of aromatic nitrogens is 2. The number of halogens is 7. The summed E-state index contributed by atoms with van der Waals surface area (Å²) in [5, 5.41) is 12.6. The highest BCUT2D eigenvalue weighted by atomic mass is 35.5. The first-order valence-electron chi connectivity index (χ1n) is 6.22. The molecule has 1 aliphatic carbocycles. The molecule has 23 heavy (non-hydrogen) atoms. The maximum absolute atomic E-state index is 13.6. The van der Waals surface area contributed by atoms with E-state index in [-0.39, 0.29) is 10.7 Å². The van der Waals surface area contributed by atoms with Crippen molar-refractivity contribution in [3.8, 4) is 5.69 Å². The fraction of sp³-hybridized carbons (Fsp3) is 0.308. The number of nitrogens with zero attached hydrogens (tertiary/aromatic N) is 2. The number of alkyl halides is 5. The zero-order valence-electron chi connectivity index (χ0n) is 11.0. The monoisotopic (exact) mass is 356 g/mol. The summed E-state index contributed by atoms with van der Waals surface area (Å²) in [4.78, 5) is 0. The second-order valence-electron chi connectivity index (χ2n) is 5.09. The molecule has 10 heteroatoms. The molecule has 0 amide bonds. The second-order valence-corrected chi connectivity index (χ2v) is 5.52. The lowest BCUT2D eigenvalue weighted by molar-refractivity contribution is -0.146. The molecule has 0 spiro atoms. The van der Waals surface area contributed by atoms with Gasteiger partial charge in [-0.3, -0.25) is 0 Å². The standard InChI is InChI=1S/C13H7ClF6N2O/c14-5-1-6(15)3-7(2-5)22-8-4-12(16,17)11(23)9(8)10(21-22)13(18,19)20/h1-3,11,23H,4H2. The molecule has 1 aliphatic rings. The molecule has 1 aromatic carbocycles. The molecule has 0 fully saturated rings. The Labute approximate surface area is 130 Å². The molecule has 1 atom stereocenters. The van der Waals surface area contributed by atoms with E-state index in [2.05, 4.69) is 5.10 Å². The van der Waals surface area contributed by atoms with Gasteiger partial charge >= 0.3 is 6.18 Å². The average Bonchev–Trinajstić information content (AvgIpc) is 2.84. The number of rotatable bonds is 1. The van der Waals surface area contributed by atoms with E-state index in [0.717, 1.165) is 18.2 Å². The highest BCUT2D eigenvalue weighted by Crippen LogP contribution is 2.48. The van der Waals surface area contributed by atoms with Crippen molar-refractivity contribution in [2.75, 3.05) is 0 Å². The van der Waals surface area contributed by atoms with Crippen LogP contribution in [0.1, 0.15) is 23.1 Å². The number of hydrogen-bond acceptors (Lipinski definition) is 2. The first-order chi connectivity index (χ1) is 10.5. The van der Waals surface area contributed by atoms with Crippen LogP contribution in [0.3, 0.4) is 0 Å². The van der Waals surface area contributed by atoms with Crippen LogP contribution < -0.4 is 0 Å². The van der Waals surface area contributed by atoms with Crippen LogP contribution in [0, 0.1) is 5.82 Å². The minimum absolute atomic E-state index is 0.136. The van der Waals surface area contributed by atoms with Crippen LogP contribution in [0.4, 0.5) is 26.3 Å². The Morgan fingerprint density at radius 3 is 2.48 bits per heavy atom. The van der Waals surface area contributed by atoms with E-state index in [1.54, 1.807) is 0 Å². The topological polar surface area (TPSA) is 38.1 Å². The molecule has 0 saturated carbocycles. The van der Waals surface area contributed by atoms with Crippen molar-refractivity contribution in [2.45, 2.75) is 24.6 Å². The molecule has 1 N–H and O–H groups in total. The van der Waals surface area contributed by atoms with E-state index in [0.29, 0.717) is 4.68 Å². The Morgan fingerprint density at radius 2 is 1.91 bits per heavy atom. The molecule has 2 aromatic rings. The number of aliphatic hydroxyl groups excluding tert-OH is 1. The fourth-order valence-electron chi connectivity index (χ4n) is 2.54. The molecule has 3 rings (SSSR count). The summed E-state index contributed by atoms with van der Waals surface area (Å²) in [6, 6.07) is 2.80. The summed E-state index contributed by atoms with van der Waals surface area (Å²) in [6.45, 7) is 0. The first kappa shape index (κ1) is 16.1. The van der Waals surface area contributed by atoms with Gasteiger partial charge in [-0.15, -0.1) is 0 Å². The number of hydrogen-bond donors (Lipinski definition) is 1. The van der Waals surface area contributed by atoms with Crippen molar-refractivity contribution in [2.24, 2.45) is 0 Å². The molecule has 124 valence electrons. The molecule has 0 bridgehead atoms. The molecular weight excluding hydrogens is 350 g/mol. The second kappa shape index (κ2) is 4.88. The molecule has 1 unspecified atom stereocenters. The van der Waals surface area contributed by atoms with E-state index in [9.17, 15) is 31.4 Å². The van der Waals surface area contributed by atoms with Gasteiger partial charge in [-0.25, -0.2) is 17.9 Å². The van der Waals surface area contributed by atoms with Crippen LogP contribution in [-0.4, -0.2) is 20.8 Å².